The summed E-state index contributed by atoms with van der Waals surface area (Å²) in [7, 11) is 1.41. The highest BCUT2D eigenvalue weighted by atomic mass is 32.2. The average Bonchev–Trinajstić information content (AvgIpc) is 2.36. The van der Waals surface area contributed by atoms with Crippen LogP contribution in [0.15, 0.2) is 29.2 Å². The van der Waals surface area contributed by atoms with E-state index in [1.807, 2.05) is 32.2 Å². The molecule has 0 aromatic heterocycles. The van der Waals surface area contributed by atoms with Crippen molar-refractivity contribution in [2.45, 2.75) is 18.7 Å². The second kappa shape index (κ2) is 5.96. The number of ether oxygens (including phenoxy) is 1. The predicted octanol–water partition coefficient (Wildman–Crippen LogP) is 3.02. The van der Waals surface area contributed by atoms with Crippen molar-refractivity contribution in [3.8, 4) is 0 Å². The molecule has 0 spiro atoms. The van der Waals surface area contributed by atoms with Crippen molar-refractivity contribution < 1.29 is 9.53 Å². The molecule has 0 fully saturated rings. The highest BCUT2D eigenvalue weighted by Gasteiger charge is 2.28. The highest BCUT2D eigenvalue weighted by molar-refractivity contribution is 7.98. The molecule has 1 rings (SSSR count). The van der Waals surface area contributed by atoms with Gasteiger partial charge in [0.15, 0.2) is 0 Å². The highest BCUT2D eigenvalue weighted by Crippen LogP contribution is 2.21. The third-order valence-corrected chi connectivity index (χ3v) is 3.31. The molecule has 1 aromatic carbocycles. The maximum atomic E-state index is 11.5. The Hall–Kier alpha value is -1.16. The van der Waals surface area contributed by atoms with E-state index in [2.05, 4.69) is 17.4 Å². The number of carbonyl (C=O) groups excluding carboxylic acids is 1. The molecule has 0 radical (unpaired) electrons. The lowest BCUT2D eigenvalue weighted by molar-refractivity contribution is -0.149. The summed E-state index contributed by atoms with van der Waals surface area (Å²) >= 11 is 1.71. The number of benzene rings is 1. The molecule has 0 aliphatic carbocycles. The van der Waals surface area contributed by atoms with Crippen LogP contribution in [0.3, 0.4) is 0 Å². The van der Waals surface area contributed by atoms with Crippen molar-refractivity contribution in [1.29, 1.82) is 0 Å². The van der Waals surface area contributed by atoms with Crippen LogP contribution in [0.25, 0.3) is 0 Å². The van der Waals surface area contributed by atoms with E-state index in [1.165, 1.54) is 12.0 Å². The topological polar surface area (TPSA) is 38.3 Å². The Labute approximate surface area is 107 Å². The maximum absolute atomic E-state index is 11.5. The van der Waals surface area contributed by atoms with Crippen molar-refractivity contribution in [2.75, 3.05) is 25.2 Å². The third kappa shape index (κ3) is 3.97. The van der Waals surface area contributed by atoms with Gasteiger partial charge in [-0.1, -0.05) is 0 Å². The van der Waals surface area contributed by atoms with Gasteiger partial charge in [0.1, 0.15) is 0 Å². The third-order valence-electron chi connectivity index (χ3n) is 2.56. The Balaban J connectivity index is 2.57. The number of rotatable bonds is 5. The zero-order valence-corrected chi connectivity index (χ0v) is 11.6. The Morgan fingerprint density at radius 1 is 1.35 bits per heavy atom. The van der Waals surface area contributed by atoms with Gasteiger partial charge in [-0.2, -0.15) is 0 Å². The van der Waals surface area contributed by atoms with Gasteiger partial charge in [0.25, 0.3) is 0 Å². The number of hydrogen-bond donors (Lipinski definition) is 1. The number of methoxy groups -OCH3 is 1. The molecular formula is C13H19NO2S. The van der Waals surface area contributed by atoms with Gasteiger partial charge in [-0.3, -0.25) is 4.79 Å². The minimum absolute atomic E-state index is 0.203. The van der Waals surface area contributed by atoms with Crippen LogP contribution in [0, 0.1) is 5.41 Å². The standard InChI is InChI=1S/C13H19NO2S/c1-13(2,12(15)16-3)9-14-10-5-7-11(17-4)8-6-10/h5-8,14H,9H2,1-4H3. The summed E-state index contributed by atoms with van der Waals surface area (Å²) in [4.78, 5) is 12.7. The van der Waals surface area contributed by atoms with Crippen molar-refractivity contribution in [3.63, 3.8) is 0 Å². The zero-order chi connectivity index (χ0) is 12.9. The predicted molar refractivity (Wildman–Crippen MR) is 72.5 cm³/mol. The van der Waals surface area contributed by atoms with Crippen LogP contribution < -0.4 is 5.32 Å². The van der Waals surface area contributed by atoms with Gasteiger partial charge in [-0.05, 0) is 44.4 Å². The first-order valence-corrected chi connectivity index (χ1v) is 6.68. The molecule has 0 aliphatic rings. The van der Waals surface area contributed by atoms with Gasteiger partial charge < -0.3 is 10.1 Å². The molecule has 0 saturated heterocycles. The molecular weight excluding hydrogens is 234 g/mol. The number of esters is 1. The van der Waals surface area contributed by atoms with Crippen LogP contribution in [0.5, 0.6) is 0 Å². The molecule has 17 heavy (non-hydrogen) atoms. The molecule has 94 valence electrons. The van der Waals surface area contributed by atoms with E-state index in [0.29, 0.717) is 6.54 Å². The van der Waals surface area contributed by atoms with Crippen LogP contribution in [-0.2, 0) is 9.53 Å². The van der Waals surface area contributed by atoms with Crippen LogP contribution >= 0.6 is 11.8 Å². The number of nitrogens with one attached hydrogen (secondary N) is 1. The summed E-state index contributed by atoms with van der Waals surface area (Å²) in [6, 6.07) is 8.13. The molecule has 0 unspecified atom stereocenters. The Bertz CT molecular complexity index is 374. The quantitative estimate of drug-likeness (QED) is 0.646. The lowest BCUT2D eigenvalue weighted by atomic mass is 9.93. The van der Waals surface area contributed by atoms with Crippen molar-refractivity contribution in [1.82, 2.24) is 0 Å². The molecule has 3 nitrogen and oxygen atoms in total. The van der Waals surface area contributed by atoms with Crippen molar-refractivity contribution >= 4 is 23.4 Å². The molecule has 0 bridgehead atoms. The van der Waals surface area contributed by atoms with E-state index in [-0.39, 0.29) is 5.97 Å². The lowest BCUT2D eigenvalue weighted by Crippen LogP contribution is -2.33. The van der Waals surface area contributed by atoms with Gasteiger partial charge in [-0.25, -0.2) is 0 Å². The van der Waals surface area contributed by atoms with Crippen LogP contribution in [-0.4, -0.2) is 25.9 Å². The Morgan fingerprint density at radius 2 is 1.94 bits per heavy atom. The van der Waals surface area contributed by atoms with E-state index >= 15 is 0 Å². The van der Waals surface area contributed by atoms with Gasteiger partial charge >= 0.3 is 5.97 Å². The van der Waals surface area contributed by atoms with Gasteiger partial charge in [0.2, 0.25) is 0 Å². The Kier molecular flexibility index (Phi) is 4.87. The van der Waals surface area contributed by atoms with E-state index in [1.54, 1.807) is 11.8 Å². The fourth-order valence-corrected chi connectivity index (χ4v) is 1.79. The first-order valence-electron chi connectivity index (χ1n) is 5.46. The fraction of sp³-hybridized carbons (Fsp3) is 0.462. The summed E-state index contributed by atoms with van der Waals surface area (Å²) < 4.78 is 4.76. The fourth-order valence-electron chi connectivity index (χ4n) is 1.38. The molecule has 1 N–H and O–H groups in total. The zero-order valence-electron chi connectivity index (χ0n) is 10.7. The first kappa shape index (κ1) is 13.9. The molecule has 0 saturated carbocycles. The first-order chi connectivity index (χ1) is 7.99. The second-order valence-corrected chi connectivity index (χ2v) is 5.34. The smallest absolute Gasteiger partial charge is 0.313 e. The van der Waals surface area contributed by atoms with Gasteiger partial charge in [-0.15, -0.1) is 11.8 Å². The summed E-state index contributed by atoms with van der Waals surface area (Å²) in [6.07, 6.45) is 2.04. The molecule has 0 aliphatic heterocycles. The summed E-state index contributed by atoms with van der Waals surface area (Å²) in [6.45, 7) is 4.28. The number of anilines is 1. The van der Waals surface area contributed by atoms with Crippen molar-refractivity contribution in [3.05, 3.63) is 24.3 Å². The number of carbonyl (C=O) groups is 1. The number of hydrogen-bond acceptors (Lipinski definition) is 4. The van der Waals surface area contributed by atoms with E-state index < -0.39 is 5.41 Å². The normalized spacial score (nSPS) is 11.1. The molecule has 0 atom stereocenters. The SMILES string of the molecule is COC(=O)C(C)(C)CNc1ccc(SC)cc1. The summed E-state index contributed by atoms with van der Waals surface area (Å²) in [5.74, 6) is -0.203. The van der Waals surface area contributed by atoms with Crippen LogP contribution in [0.1, 0.15) is 13.8 Å². The number of thioether (sulfide) groups is 1. The largest absolute Gasteiger partial charge is 0.469 e. The second-order valence-electron chi connectivity index (χ2n) is 4.46. The summed E-state index contributed by atoms with van der Waals surface area (Å²) in [5, 5.41) is 3.24. The van der Waals surface area contributed by atoms with E-state index in [9.17, 15) is 4.79 Å². The molecule has 0 heterocycles. The van der Waals surface area contributed by atoms with Gasteiger partial charge in [0, 0.05) is 17.1 Å². The van der Waals surface area contributed by atoms with E-state index in [4.69, 9.17) is 4.74 Å². The monoisotopic (exact) mass is 253 g/mol. The van der Waals surface area contributed by atoms with E-state index in [0.717, 1.165) is 5.69 Å². The molecule has 0 amide bonds. The molecule has 1 aromatic rings. The molecule has 4 heteroatoms. The maximum Gasteiger partial charge on any atom is 0.313 e. The van der Waals surface area contributed by atoms with Crippen molar-refractivity contribution in [2.24, 2.45) is 5.41 Å². The average molecular weight is 253 g/mol. The minimum atomic E-state index is -0.521. The van der Waals surface area contributed by atoms with Gasteiger partial charge in [0.05, 0.1) is 12.5 Å². The minimum Gasteiger partial charge on any atom is -0.469 e. The Morgan fingerprint density at radius 3 is 2.41 bits per heavy atom. The summed E-state index contributed by atoms with van der Waals surface area (Å²) in [5.41, 5.74) is 0.493. The van der Waals surface area contributed by atoms with Crippen LogP contribution in [0.4, 0.5) is 5.69 Å². The van der Waals surface area contributed by atoms with Crippen LogP contribution in [0.2, 0.25) is 0 Å². The lowest BCUT2D eigenvalue weighted by Gasteiger charge is -2.22.